The second-order valence-electron chi connectivity index (χ2n) is 4.91. The first-order chi connectivity index (χ1) is 10.7. The van der Waals surface area contributed by atoms with Crippen molar-refractivity contribution in [3.05, 3.63) is 41.2 Å². The van der Waals surface area contributed by atoms with Crippen LogP contribution >= 0.6 is 15.9 Å². The van der Waals surface area contributed by atoms with E-state index in [0.29, 0.717) is 24.8 Å². The van der Waals surface area contributed by atoms with Crippen LogP contribution in [0.25, 0.3) is 0 Å². The van der Waals surface area contributed by atoms with Gasteiger partial charge in [-0.15, -0.1) is 0 Å². The van der Waals surface area contributed by atoms with E-state index in [4.69, 9.17) is 4.74 Å². The van der Waals surface area contributed by atoms with Gasteiger partial charge in [0.05, 0.1) is 17.2 Å². The Hall–Kier alpha value is -2.09. The van der Waals surface area contributed by atoms with Crippen molar-refractivity contribution < 1.29 is 9.53 Å². The van der Waals surface area contributed by atoms with E-state index >= 15 is 0 Å². The minimum Gasteiger partial charge on any atom is -0.458 e. The molecule has 22 heavy (non-hydrogen) atoms. The molecular formula is C14H14BrN5O2. The van der Waals surface area contributed by atoms with Crippen molar-refractivity contribution in [3.8, 4) is 6.01 Å². The molecule has 114 valence electrons. The Labute approximate surface area is 135 Å². The number of amides is 1. The highest BCUT2D eigenvalue weighted by Crippen LogP contribution is 2.17. The normalized spacial score (nSPS) is 18.0. The molecule has 1 atom stereocenters. The lowest BCUT2D eigenvalue weighted by Crippen LogP contribution is -2.44. The average Bonchev–Trinajstić information content (AvgIpc) is 2.57. The van der Waals surface area contributed by atoms with Gasteiger partial charge in [-0.2, -0.15) is 0 Å². The summed E-state index contributed by atoms with van der Waals surface area (Å²) in [6, 6.07) is 0.321. The number of hydrogen-bond acceptors (Lipinski definition) is 6. The number of ether oxygens (including phenoxy) is 1. The Morgan fingerprint density at radius 1 is 1.23 bits per heavy atom. The van der Waals surface area contributed by atoms with Crippen molar-refractivity contribution >= 4 is 21.8 Å². The summed E-state index contributed by atoms with van der Waals surface area (Å²) >= 11 is 3.28. The first-order valence-corrected chi connectivity index (χ1v) is 7.71. The van der Waals surface area contributed by atoms with E-state index in [0.717, 1.165) is 17.3 Å². The van der Waals surface area contributed by atoms with Crippen molar-refractivity contribution in [2.75, 3.05) is 13.1 Å². The van der Waals surface area contributed by atoms with Gasteiger partial charge in [-0.25, -0.2) is 15.0 Å². The molecule has 0 saturated carbocycles. The third-order valence-corrected chi connectivity index (χ3v) is 3.73. The van der Waals surface area contributed by atoms with Gasteiger partial charge in [-0.1, -0.05) is 0 Å². The zero-order valence-electron chi connectivity index (χ0n) is 11.7. The van der Waals surface area contributed by atoms with Crippen LogP contribution in [0.2, 0.25) is 0 Å². The van der Waals surface area contributed by atoms with E-state index in [-0.39, 0.29) is 12.0 Å². The molecule has 8 heteroatoms. The van der Waals surface area contributed by atoms with Crippen LogP contribution in [-0.4, -0.2) is 49.9 Å². The predicted octanol–water partition coefficient (Wildman–Crippen LogP) is 1.71. The lowest BCUT2D eigenvalue weighted by Gasteiger charge is -2.32. The van der Waals surface area contributed by atoms with E-state index in [1.165, 1.54) is 12.4 Å². The largest absolute Gasteiger partial charge is 0.458 e. The van der Waals surface area contributed by atoms with Gasteiger partial charge in [0.1, 0.15) is 11.8 Å². The second-order valence-corrected chi connectivity index (χ2v) is 5.82. The molecule has 2 aromatic rings. The number of carbonyl (C=O) groups is 1. The number of rotatable bonds is 3. The van der Waals surface area contributed by atoms with Crippen LogP contribution in [0.15, 0.2) is 35.5 Å². The Balaban J connectivity index is 1.64. The number of carbonyl (C=O) groups excluding carboxylic acids is 1. The van der Waals surface area contributed by atoms with E-state index in [1.807, 2.05) is 0 Å². The Kier molecular flexibility index (Phi) is 4.57. The molecule has 1 aliphatic heterocycles. The Bertz CT molecular complexity index is 637. The molecule has 3 heterocycles. The van der Waals surface area contributed by atoms with E-state index in [9.17, 15) is 4.79 Å². The van der Waals surface area contributed by atoms with Crippen LogP contribution in [0.4, 0.5) is 0 Å². The van der Waals surface area contributed by atoms with Crippen molar-refractivity contribution in [2.24, 2.45) is 0 Å². The molecule has 3 rings (SSSR count). The number of piperidine rings is 1. The van der Waals surface area contributed by atoms with Crippen molar-refractivity contribution in [1.29, 1.82) is 0 Å². The molecule has 0 bridgehead atoms. The van der Waals surface area contributed by atoms with Crippen molar-refractivity contribution in [1.82, 2.24) is 24.8 Å². The van der Waals surface area contributed by atoms with Gasteiger partial charge in [0.2, 0.25) is 0 Å². The fourth-order valence-electron chi connectivity index (χ4n) is 2.30. The number of halogens is 1. The maximum atomic E-state index is 12.4. The summed E-state index contributed by atoms with van der Waals surface area (Å²) < 4.78 is 6.55. The van der Waals surface area contributed by atoms with Crippen LogP contribution in [-0.2, 0) is 0 Å². The molecule has 1 amide bonds. The summed E-state index contributed by atoms with van der Waals surface area (Å²) in [5.74, 6) is -0.127. The number of aromatic nitrogens is 4. The van der Waals surface area contributed by atoms with E-state index in [1.54, 1.807) is 23.5 Å². The number of likely N-dealkylation sites (tertiary alicyclic amines) is 1. The minimum absolute atomic E-state index is 0.115. The first-order valence-electron chi connectivity index (χ1n) is 6.92. The molecule has 1 saturated heterocycles. The highest BCUT2D eigenvalue weighted by atomic mass is 79.9. The van der Waals surface area contributed by atoms with Gasteiger partial charge in [-0.05, 0) is 28.8 Å². The van der Waals surface area contributed by atoms with Gasteiger partial charge in [0.25, 0.3) is 5.91 Å². The quantitative estimate of drug-likeness (QED) is 0.825. The molecule has 2 aromatic heterocycles. The maximum absolute atomic E-state index is 12.4. The van der Waals surface area contributed by atoms with Gasteiger partial charge in [0, 0.05) is 31.3 Å². The lowest BCUT2D eigenvalue weighted by atomic mass is 10.1. The lowest BCUT2D eigenvalue weighted by molar-refractivity contribution is 0.0510. The zero-order valence-corrected chi connectivity index (χ0v) is 13.3. The monoisotopic (exact) mass is 363 g/mol. The zero-order chi connectivity index (χ0) is 15.4. The van der Waals surface area contributed by atoms with E-state index in [2.05, 4.69) is 35.9 Å². The highest BCUT2D eigenvalue weighted by molar-refractivity contribution is 9.10. The van der Waals surface area contributed by atoms with Crippen LogP contribution in [0.5, 0.6) is 6.01 Å². The Morgan fingerprint density at radius 3 is 2.77 bits per heavy atom. The molecule has 1 unspecified atom stereocenters. The summed E-state index contributed by atoms with van der Waals surface area (Å²) in [6.45, 7) is 1.19. The topological polar surface area (TPSA) is 81.1 Å². The molecule has 0 radical (unpaired) electrons. The van der Waals surface area contributed by atoms with Gasteiger partial charge < -0.3 is 9.64 Å². The maximum Gasteiger partial charge on any atom is 0.316 e. The van der Waals surface area contributed by atoms with E-state index < -0.39 is 0 Å². The summed E-state index contributed by atoms with van der Waals surface area (Å²) in [5, 5.41) is 0. The number of hydrogen-bond donors (Lipinski definition) is 0. The smallest absolute Gasteiger partial charge is 0.316 e. The molecular weight excluding hydrogens is 350 g/mol. The molecule has 1 aliphatic rings. The van der Waals surface area contributed by atoms with Gasteiger partial charge in [0.15, 0.2) is 0 Å². The molecule has 0 aromatic carbocycles. The summed E-state index contributed by atoms with van der Waals surface area (Å²) in [5.41, 5.74) is 0.350. The van der Waals surface area contributed by atoms with Crippen LogP contribution < -0.4 is 4.74 Å². The van der Waals surface area contributed by atoms with Crippen LogP contribution in [0.1, 0.15) is 23.3 Å². The summed E-state index contributed by atoms with van der Waals surface area (Å²) in [6.07, 6.45) is 9.42. The van der Waals surface area contributed by atoms with Crippen molar-refractivity contribution in [2.45, 2.75) is 18.9 Å². The minimum atomic E-state index is -0.127. The molecule has 0 N–H and O–H groups in total. The molecule has 0 spiro atoms. The fraction of sp³-hybridized carbons (Fsp3) is 0.357. The van der Waals surface area contributed by atoms with Gasteiger partial charge in [-0.3, -0.25) is 9.78 Å². The third-order valence-electron chi connectivity index (χ3n) is 3.32. The second kappa shape index (κ2) is 6.78. The average molecular weight is 364 g/mol. The van der Waals surface area contributed by atoms with Crippen LogP contribution in [0.3, 0.4) is 0 Å². The van der Waals surface area contributed by atoms with Gasteiger partial charge >= 0.3 is 6.01 Å². The van der Waals surface area contributed by atoms with Crippen LogP contribution in [0, 0.1) is 0 Å². The highest BCUT2D eigenvalue weighted by Gasteiger charge is 2.26. The first kappa shape index (κ1) is 14.8. The molecule has 0 aliphatic carbocycles. The summed E-state index contributed by atoms with van der Waals surface area (Å²) in [4.78, 5) is 30.3. The molecule has 7 nitrogen and oxygen atoms in total. The fourth-order valence-corrected chi connectivity index (χ4v) is 2.51. The Morgan fingerprint density at radius 2 is 2.05 bits per heavy atom. The standard InChI is InChI=1S/C14H14BrN5O2/c15-10-6-18-14(19-7-10)22-11-2-1-5-20(9-11)13(21)12-8-16-3-4-17-12/h3-4,6-8,11H,1-2,5,9H2. The summed E-state index contributed by atoms with van der Waals surface area (Å²) in [7, 11) is 0. The van der Waals surface area contributed by atoms with Crippen molar-refractivity contribution in [3.63, 3.8) is 0 Å². The predicted molar refractivity (Wildman–Crippen MR) is 81.3 cm³/mol. The molecule has 1 fully saturated rings. The SMILES string of the molecule is O=C(c1cnccn1)N1CCCC(Oc2ncc(Br)cn2)C1. The third kappa shape index (κ3) is 3.56. The number of nitrogens with zero attached hydrogens (tertiary/aromatic N) is 5.